The van der Waals surface area contributed by atoms with Crippen molar-refractivity contribution in [3.05, 3.63) is 30.3 Å². The smallest absolute Gasteiger partial charge is 0.186 e. The van der Waals surface area contributed by atoms with E-state index < -0.39 is 0 Å². The maximum Gasteiger partial charge on any atom is 0.186 e. The molecule has 0 spiro atoms. The van der Waals surface area contributed by atoms with Crippen molar-refractivity contribution >= 4 is 23.6 Å². The van der Waals surface area contributed by atoms with Crippen LogP contribution in [0.3, 0.4) is 0 Å². The zero-order valence-electron chi connectivity index (χ0n) is 6.90. The number of thioether (sulfide) groups is 1. The average Bonchev–Trinajstić information content (AvgIpc) is 2.16. The van der Waals surface area contributed by atoms with Crippen molar-refractivity contribution in [1.82, 2.24) is 0 Å². The maximum absolute atomic E-state index is 3.95. The van der Waals surface area contributed by atoms with Crippen molar-refractivity contribution in [2.75, 3.05) is 7.05 Å². The number of hydrogen-bond acceptors (Lipinski definition) is 2. The van der Waals surface area contributed by atoms with Crippen molar-refractivity contribution in [3.63, 3.8) is 0 Å². The number of benzene rings is 1. The highest BCUT2D eigenvalue weighted by Crippen LogP contribution is 2.18. The van der Waals surface area contributed by atoms with E-state index in [1.807, 2.05) is 30.3 Å². The summed E-state index contributed by atoms with van der Waals surface area (Å²) in [4.78, 5) is 8.85. The molecular formula is C9H10N2S. The van der Waals surface area contributed by atoms with Crippen LogP contribution >= 0.6 is 11.8 Å². The van der Waals surface area contributed by atoms with E-state index in [1.165, 1.54) is 11.8 Å². The highest BCUT2D eigenvalue weighted by molar-refractivity contribution is 8.13. The summed E-state index contributed by atoms with van der Waals surface area (Å²) in [6.07, 6.45) is 0. The molecule has 62 valence electrons. The van der Waals surface area contributed by atoms with Crippen molar-refractivity contribution in [3.8, 4) is 0 Å². The Balaban J connectivity index is 2.70. The van der Waals surface area contributed by atoms with E-state index in [2.05, 4.69) is 16.7 Å². The lowest BCUT2D eigenvalue weighted by Gasteiger charge is -1.97. The fraction of sp³-hybridized carbons (Fsp3) is 0.111. The zero-order chi connectivity index (χ0) is 8.81. The van der Waals surface area contributed by atoms with Crippen LogP contribution in [0.25, 0.3) is 0 Å². The number of nitrogens with zero attached hydrogens (tertiary/aromatic N) is 2. The Bertz CT molecular complexity index is 280. The fourth-order valence-electron chi connectivity index (χ4n) is 0.743. The summed E-state index contributed by atoms with van der Waals surface area (Å²) < 4.78 is 0. The molecule has 0 saturated carbocycles. The standard InChI is InChI=1S/C9H10N2S/c1-10-9(11-2)12-8-6-4-3-5-7-8/h3-7H,1H2,2H3/b11-9+. The summed E-state index contributed by atoms with van der Waals surface area (Å²) >= 11 is 1.51. The second kappa shape index (κ2) is 4.72. The van der Waals surface area contributed by atoms with Gasteiger partial charge < -0.3 is 0 Å². The quantitative estimate of drug-likeness (QED) is 0.368. The van der Waals surface area contributed by atoms with Crippen molar-refractivity contribution < 1.29 is 0 Å². The molecule has 12 heavy (non-hydrogen) atoms. The summed E-state index contributed by atoms with van der Waals surface area (Å²) in [5, 5.41) is 0.696. The van der Waals surface area contributed by atoms with Gasteiger partial charge in [-0.3, -0.25) is 4.99 Å². The minimum Gasteiger partial charge on any atom is -0.264 e. The third-order valence-corrected chi connectivity index (χ3v) is 2.28. The zero-order valence-corrected chi connectivity index (χ0v) is 7.71. The molecule has 1 aromatic rings. The minimum absolute atomic E-state index is 0.696. The predicted octanol–water partition coefficient (Wildman–Crippen LogP) is 2.47. The van der Waals surface area contributed by atoms with E-state index in [0.29, 0.717) is 5.17 Å². The van der Waals surface area contributed by atoms with Gasteiger partial charge in [0.2, 0.25) is 0 Å². The average molecular weight is 178 g/mol. The van der Waals surface area contributed by atoms with E-state index in [4.69, 9.17) is 0 Å². The molecule has 0 aliphatic heterocycles. The summed E-state index contributed by atoms with van der Waals surface area (Å²) in [7, 11) is 1.71. The molecule has 0 radical (unpaired) electrons. The summed E-state index contributed by atoms with van der Waals surface area (Å²) in [5.74, 6) is 0. The second-order valence-electron chi connectivity index (χ2n) is 2.08. The first-order valence-corrected chi connectivity index (χ1v) is 4.35. The predicted molar refractivity (Wildman–Crippen MR) is 55.2 cm³/mol. The van der Waals surface area contributed by atoms with Gasteiger partial charge in [0.05, 0.1) is 0 Å². The van der Waals surface area contributed by atoms with Gasteiger partial charge in [-0.15, -0.1) is 0 Å². The largest absolute Gasteiger partial charge is 0.264 e. The molecule has 0 atom stereocenters. The number of rotatable bonds is 1. The molecular weight excluding hydrogens is 168 g/mol. The molecule has 2 nitrogen and oxygen atoms in total. The van der Waals surface area contributed by atoms with Crippen LogP contribution in [-0.4, -0.2) is 18.9 Å². The Kier molecular flexibility index (Phi) is 3.54. The Morgan fingerprint density at radius 1 is 1.33 bits per heavy atom. The molecule has 0 amide bonds. The van der Waals surface area contributed by atoms with Crippen LogP contribution in [0, 0.1) is 0 Å². The normalized spacial score (nSPS) is 11.2. The van der Waals surface area contributed by atoms with E-state index in [9.17, 15) is 0 Å². The molecule has 0 N–H and O–H groups in total. The van der Waals surface area contributed by atoms with E-state index in [1.54, 1.807) is 7.05 Å². The lowest BCUT2D eigenvalue weighted by atomic mass is 10.4. The summed E-state index contributed by atoms with van der Waals surface area (Å²) in [6.45, 7) is 3.43. The third kappa shape index (κ3) is 2.51. The lowest BCUT2D eigenvalue weighted by molar-refractivity contribution is 1.43. The van der Waals surface area contributed by atoms with Gasteiger partial charge >= 0.3 is 0 Å². The van der Waals surface area contributed by atoms with Crippen LogP contribution in [-0.2, 0) is 0 Å². The molecule has 0 aromatic heterocycles. The molecule has 0 bridgehead atoms. The number of amidine groups is 1. The van der Waals surface area contributed by atoms with Gasteiger partial charge in [0.25, 0.3) is 0 Å². The minimum atomic E-state index is 0.696. The van der Waals surface area contributed by atoms with Crippen molar-refractivity contribution in [1.29, 1.82) is 0 Å². The van der Waals surface area contributed by atoms with Gasteiger partial charge in [-0.1, -0.05) is 30.0 Å². The Morgan fingerprint density at radius 3 is 2.50 bits per heavy atom. The van der Waals surface area contributed by atoms with E-state index in [-0.39, 0.29) is 0 Å². The fourth-order valence-corrected chi connectivity index (χ4v) is 1.40. The summed E-state index contributed by atoms with van der Waals surface area (Å²) in [5.41, 5.74) is 0. The SMILES string of the molecule is C=N/C(=N\C)Sc1ccccc1. The second-order valence-corrected chi connectivity index (χ2v) is 3.12. The molecule has 0 heterocycles. The van der Waals surface area contributed by atoms with Gasteiger partial charge in [0.1, 0.15) is 0 Å². The lowest BCUT2D eigenvalue weighted by Crippen LogP contribution is -1.84. The summed E-state index contributed by atoms with van der Waals surface area (Å²) in [6, 6.07) is 9.98. The first-order valence-electron chi connectivity index (χ1n) is 3.53. The molecule has 1 rings (SSSR count). The van der Waals surface area contributed by atoms with Crippen LogP contribution in [0.1, 0.15) is 0 Å². The molecule has 0 aliphatic rings. The highest BCUT2D eigenvalue weighted by atomic mass is 32.2. The molecule has 1 aromatic carbocycles. The van der Waals surface area contributed by atoms with Gasteiger partial charge in [0, 0.05) is 11.9 Å². The van der Waals surface area contributed by atoms with Gasteiger partial charge in [-0.25, -0.2) is 4.99 Å². The Hall–Kier alpha value is -1.09. The highest BCUT2D eigenvalue weighted by Gasteiger charge is 1.96. The molecule has 0 fully saturated rings. The number of aliphatic imine (C=N–C) groups is 2. The molecule has 0 aliphatic carbocycles. The first kappa shape index (κ1) is 9.00. The van der Waals surface area contributed by atoms with Crippen molar-refractivity contribution in [2.24, 2.45) is 9.98 Å². The van der Waals surface area contributed by atoms with E-state index >= 15 is 0 Å². The van der Waals surface area contributed by atoms with E-state index in [0.717, 1.165) is 4.90 Å². The Labute approximate surface area is 76.4 Å². The monoisotopic (exact) mass is 178 g/mol. The maximum atomic E-state index is 3.95. The van der Waals surface area contributed by atoms with Crippen LogP contribution < -0.4 is 0 Å². The van der Waals surface area contributed by atoms with Crippen LogP contribution in [0.4, 0.5) is 0 Å². The van der Waals surface area contributed by atoms with Gasteiger partial charge in [0.15, 0.2) is 5.17 Å². The van der Waals surface area contributed by atoms with Gasteiger partial charge in [-0.2, -0.15) is 0 Å². The van der Waals surface area contributed by atoms with Crippen LogP contribution in [0.5, 0.6) is 0 Å². The molecule has 0 saturated heterocycles. The number of hydrogen-bond donors (Lipinski definition) is 0. The van der Waals surface area contributed by atoms with Crippen molar-refractivity contribution in [2.45, 2.75) is 4.90 Å². The van der Waals surface area contributed by atoms with Crippen LogP contribution in [0.2, 0.25) is 0 Å². The third-order valence-electron chi connectivity index (χ3n) is 1.28. The molecule has 3 heteroatoms. The Morgan fingerprint density at radius 2 is 2.00 bits per heavy atom. The first-order chi connectivity index (χ1) is 5.86. The van der Waals surface area contributed by atoms with Gasteiger partial charge in [-0.05, 0) is 18.9 Å². The van der Waals surface area contributed by atoms with Crippen LogP contribution in [0.15, 0.2) is 45.2 Å². The topological polar surface area (TPSA) is 24.7 Å². The molecule has 0 unspecified atom stereocenters.